The monoisotopic (exact) mass is 295 g/mol. The van der Waals surface area contributed by atoms with Crippen molar-refractivity contribution in [3.63, 3.8) is 0 Å². The highest BCUT2D eigenvalue weighted by atomic mass is 32.2. The average molecular weight is 295 g/mol. The third-order valence-corrected chi connectivity index (χ3v) is 4.36. The van der Waals surface area contributed by atoms with Crippen molar-refractivity contribution in [1.29, 1.82) is 5.41 Å². The lowest BCUT2D eigenvalue weighted by Gasteiger charge is -2.17. The molecule has 3 nitrogen and oxygen atoms in total. The van der Waals surface area contributed by atoms with Crippen LogP contribution in [-0.4, -0.2) is 16.6 Å². The van der Waals surface area contributed by atoms with Crippen molar-refractivity contribution in [1.82, 2.24) is 0 Å². The minimum atomic E-state index is -0.0985. The number of fused-ring (bicyclic) bond motifs is 2. The zero-order valence-electron chi connectivity index (χ0n) is 11.5. The van der Waals surface area contributed by atoms with Crippen LogP contribution < -0.4 is 0 Å². The fraction of sp³-hybridized carbons (Fsp3) is 0.118. The Bertz CT molecular complexity index is 780. The van der Waals surface area contributed by atoms with Crippen LogP contribution >= 0.6 is 11.8 Å². The lowest BCUT2D eigenvalue weighted by molar-refractivity contribution is 0.0979. The molecule has 2 aromatic carbocycles. The van der Waals surface area contributed by atoms with Gasteiger partial charge in [-0.1, -0.05) is 30.3 Å². The smallest absolute Gasteiger partial charge is 0.194 e. The highest BCUT2D eigenvalue weighted by Crippen LogP contribution is 2.28. The summed E-state index contributed by atoms with van der Waals surface area (Å²) >= 11 is 1.41. The number of hydrogen-bond acceptors (Lipinski definition) is 4. The Morgan fingerprint density at radius 2 is 1.52 bits per heavy atom. The molecule has 104 valence electrons. The van der Waals surface area contributed by atoms with Crippen LogP contribution in [0.2, 0.25) is 0 Å². The molecule has 0 bridgehead atoms. The van der Waals surface area contributed by atoms with Crippen LogP contribution in [0.15, 0.2) is 42.5 Å². The van der Waals surface area contributed by atoms with Crippen molar-refractivity contribution in [2.45, 2.75) is 12.7 Å². The van der Waals surface area contributed by atoms with Gasteiger partial charge in [0.05, 0.1) is 5.04 Å². The molecule has 0 saturated carbocycles. The highest BCUT2D eigenvalue weighted by Gasteiger charge is 2.29. The van der Waals surface area contributed by atoms with Gasteiger partial charge in [0, 0.05) is 28.0 Å². The van der Waals surface area contributed by atoms with Crippen molar-refractivity contribution < 1.29 is 9.59 Å². The number of rotatable bonds is 2. The van der Waals surface area contributed by atoms with E-state index in [1.807, 2.05) is 6.07 Å². The number of benzene rings is 2. The largest absolute Gasteiger partial charge is 0.299 e. The van der Waals surface area contributed by atoms with Gasteiger partial charge in [0.15, 0.2) is 11.6 Å². The number of hydrogen-bond donors (Lipinski definition) is 1. The van der Waals surface area contributed by atoms with Gasteiger partial charge in [-0.05, 0) is 24.6 Å². The van der Waals surface area contributed by atoms with Crippen LogP contribution in [0.1, 0.15) is 44.3 Å². The molecule has 2 aromatic rings. The summed E-state index contributed by atoms with van der Waals surface area (Å²) in [7, 11) is 0. The minimum absolute atomic E-state index is 0.0948. The second-order valence-electron chi connectivity index (χ2n) is 4.93. The Hall–Kier alpha value is -2.20. The van der Waals surface area contributed by atoms with Gasteiger partial charge in [-0.2, -0.15) is 0 Å². The van der Waals surface area contributed by atoms with Crippen LogP contribution in [-0.2, 0) is 5.75 Å². The standard InChI is InChI=1S/C17H13NO2S/c1-10(18)21-9-11-6-7-14-15(8-11)17(20)13-5-3-2-4-12(13)16(14)19/h2-8,18H,9H2,1H3. The molecule has 21 heavy (non-hydrogen) atoms. The summed E-state index contributed by atoms with van der Waals surface area (Å²) in [5.74, 6) is 0.437. The van der Waals surface area contributed by atoms with E-state index < -0.39 is 0 Å². The number of nitrogens with one attached hydrogen (secondary N) is 1. The molecular weight excluding hydrogens is 282 g/mol. The lowest BCUT2D eigenvalue weighted by atomic mass is 9.83. The first kappa shape index (κ1) is 13.8. The predicted octanol–water partition coefficient (Wildman–Crippen LogP) is 3.69. The van der Waals surface area contributed by atoms with E-state index >= 15 is 0 Å². The van der Waals surface area contributed by atoms with Gasteiger partial charge < -0.3 is 0 Å². The van der Waals surface area contributed by atoms with E-state index in [1.54, 1.807) is 43.3 Å². The zero-order chi connectivity index (χ0) is 15.0. The molecule has 0 saturated heterocycles. The maximum Gasteiger partial charge on any atom is 0.194 e. The molecule has 4 heteroatoms. The fourth-order valence-electron chi connectivity index (χ4n) is 2.43. The summed E-state index contributed by atoms with van der Waals surface area (Å²) in [5, 5.41) is 7.97. The topological polar surface area (TPSA) is 58.0 Å². The van der Waals surface area contributed by atoms with E-state index in [-0.39, 0.29) is 11.6 Å². The van der Waals surface area contributed by atoms with E-state index in [0.29, 0.717) is 33.1 Å². The Kier molecular flexibility index (Phi) is 3.47. The van der Waals surface area contributed by atoms with Crippen LogP contribution in [0.5, 0.6) is 0 Å². The summed E-state index contributed by atoms with van der Waals surface area (Å²) < 4.78 is 0. The second-order valence-corrected chi connectivity index (χ2v) is 6.12. The summed E-state index contributed by atoms with van der Waals surface area (Å²) in [5.41, 5.74) is 2.85. The third kappa shape index (κ3) is 2.43. The summed E-state index contributed by atoms with van der Waals surface area (Å²) in [6.07, 6.45) is 0. The van der Waals surface area contributed by atoms with Crippen molar-refractivity contribution in [2.24, 2.45) is 0 Å². The molecule has 0 amide bonds. The molecule has 0 heterocycles. The van der Waals surface area contributed by atoms with Gasteiger partial charge in [-0.15, -0.1) is 11.8 Å². The average Bonchev–Trinajstić information content (AvgIpc) is 2.50. The first-order chi connectivity index (χ1) is 10.1. The van der Waals surface area contributed by atoms with Gasteiger partial charge in [-0.25, -0.2) is 0 Å². The molecular formula is C17H13NO2S. The number of carbonyl (C=O) groups excluding carboxylic acids is 2. The number of ketones is 2. The van der Waals surface area contributed by atoms with Crippen LogP contribution in [0, 0.1) is 5.41 Å². The van der Waals surface area contributed by atoms with Crippen molar-refractivity contribution in [2.75, 3.05) is 0 Å². The Balaban J connectivity index is 2.04. The van der Waals surface area contributed by atoms with Crippen molar-refractivity contribution >= 4 is 28.4 Å². The Morgan fingerprint density at radius 1 is 0.952 bits per heavy atom. The SMILES string of the molecule is CC(=N)SCc1ccc2c(c1)C(=O)c1ccccc1C2=O. The quantitative estimate of drug-likeness (QED) is 0.579. The number of carbonyl (C=O) groups is 2. The molecule has 0 fully saturated rings. The second kappa shape index (κ2) is 5.30. The summed E-state index contributed by atoms with van der Waals surface area (Å²) in [6, 6.07) is 12.3. The van der Waals surface area contributed by atoms with E-state index in [2.05, 4.69) is 0 Å². The van der Waals surface area contributed by atoms with E-state index in [0.717, 1.165) is 5.56 Å². The van der Waals surface area contributed by atoms with Crippen LogP contribution in [0.4, 0.5) is 0 Å². The molecule has 1 aliphatic carbocycles. The van der Waals surface area contributed by atoms with E-state index in [4.69, 9.17) is 5.41 Å². The maximum absolute atomic E-state index is 12.5. The van der Waals surface area contributed by atoms with Gasteiger partial charge in [-0.3, -0.25) is 15.0 Å². The van der Waals surface area contributed by atoms with E-state index in [9.17, 15) is 9.59 Å². The Morgan fingerprint density at radius 3 is 2.14 bits per heavy atom. The summed E-state index contributed by atoms with van der Waals surface area (Å²) in [6.45, 7) is 1.73. The third-order valence-electron chi connectivity index (χ3n) is 3.44. The molecule has 3 rings (SSSR count). The highest BCUT2D eigenvalue weighted by molar-refractivity contribution is 8.13. The molecule has 0 spiro atoms. The Labute approximate surface area is 126 Å². The zero-order valence-corrected chi connectivity index (χ0v) is 12.3. The first-order valence-electron chi connectivity index (χ1n) is 6.57. The maximum atomic E-state index is 12.5. The van der Waals surface area contributed by atoms with Crippen molar-refractivity contribution in [3.05, 3.63) is 70.3 Å². The van der Waals surface area contributed by atoms with Gasteiger partial charge in [0.2, 0.25) is 0 Å². The molecule has 0 unspecified atom stereocenters. The molecule has 1 aliphatic rings. The van der Waals surface area contributed by atoms with Gasteiger partial charge in [0.25, 0.3) is 0 Å². The molecule has 0 atom stereocenters. The molecule has 0 radical (unpaired) electrons. The van der Waals surface area contributed by atoms with Crippen LogP contribution in [0.25, 0.3) is 0 Å². The molecule has 1 N–H and O–H groups in total. The minimum Gasteiger partial charge on any atom is -0.299 e. The predicted molar refractivity (Wildman–Crippen MR) is 84.4 cm³/mol. The molecule has 0 aromatic heterocycles. The molecule has 0 aliphatic heterocycles. The van der Waals surface area contributed by atoms with Crippen molar-refractivity contribution in [3.8, 4) is 0 Å². The van der Waals surface area contributed by atoms with Crippen LogP contribution in [0.3, 0.4) is 0 Å². The van der Waals surface area contributed by atoms with Gasteiger partial charge >= 0.3 is 0 Å². The van der Waals surface area contributed by atoms with Gasteiger partial charge in [0.1, 0.15) is 0 Å². The lowest BCUT2D eigenvalue weighted by Crippen LogP contribution is -2.20. The number of thioether (sulfide) groups is 1. The normalized spacial score (nSPS) is 12.8. The first-order valence-corrected chi connectivity index (χ1v) is 7.56. The van der Waals surface area contributed by atoms with E-state index in [1.165, 1.54) is 11.8 Å². The fourth-order valence-corrected chi connectivity index (χ4v) is 2.99. The summed E-state index contributed by atoms with van der Waals surface area (Å²) in [4.78, 5) is 25.0.